The zero-order valence-corrected chi connectivity index (χ0v) is 12.2. The van der Waals surface area contributed by atoms with Crippen molar-refractivity contribution in [2.75, 3.05) is 53.7 Å². The molecular weight excluding hydrogens is 230 g/mol. The number of methoxy groups -OCH3 is 2. The second-order valence-electron chi connectivity index (χ2n) is 4.74. The van der Waals surface area contributed by atoms with Crippen LogP contribution in [0.5, 0.6) is 0 Å². The van der Waals surface area contributed by atoms with Gasteiger partial charge in [-0.3, -0.25) is 0 Å². The third kappa shape index (κ3) is 9.59. The second-order valence-corrected chi connectivity index (χ2v) is 4.74. The normalized spacial score (nSPS) is 14.4. The van der Waals surface area contributed by atoms with Gasteiger partial charge < -0.3 is 19.5 Å². The van der Waals surface area contributed by atoms with Crippen LogP contribution < -0.4 is 5.32 Å². The summed E-state index contributed by atoms with van der Waals surface area (Å²) < 4.78 is 15.6. The highest BCUT2D eigenvalue weighted by Crippen LogP contribution is 2.21. The van der Waals surface area contributed by atoms with Crippen LogP contribution in [-0.2, 0) is 14.2 Å². The predicted octanol–water partition coefficient (Wildman–Crippen LogP) is 1.86. The highest BCUT2D eigenvalue weighted by Gasteiger charge is 2.19. The minimum Gasteiger partial charge on any atom is -0.385 e. The van der Waals surface area contributed by atoms with Crippen LogP contribution in [0.4, 0.5) is 0 Å². The van der Waals surface area contributed by atoms with Gasteiger partial charge in [-0.05, 0) is 18.3 Å². The Bertz CT molecular complexity index is 199. The quantitative estimate of drug-likeness (QED) is 0.405. The van der Waals surface area contributed by atoms with Gasteiger partial charge in [0.1, 0.15) is 0 Å². The maximum Gasteiger partial charge on any atom is 0.0587 e. The lowest BCUT2D eigenvalue weighted by Gasteiger charge is -2.26. The number of hydrogen-bond acceptors (Lipinski definition) is 4. The van der Waals surface area contributed by atoms with Crippen LogP contribution in [0.1, 0.15) is 19.8 Å². The lowest BCUT2D eigenvalue weighted by molar-refractivity contribution is 0.0869. The van der Waals surface area contributed by atoms with Gasteiger partial charge in [0.2, 0.25) is 0 Å². The van der Waals surface area contributed by atoms with Crippen LogP contribution in [0, 0.1) is 5.41 Å². The Labute approximate surface area is 112 Å². The summed E-state index contributed by atoms with van der Waals surface area (Å²) in [5.41, 5.74) is 0.0784. The monoisotopic (exact) mass is 259 g/mol. The fourth-order valence-electron chi connectivity index (χ4n) is 1.52. The molecule has 0 saturated carbocycles. The average Bonchev–Trinajstić information content (AvgIpc) is 2.39. The smallest absolute Gasteiger partial charge is 0.0587 e. The Kier molecular flexibility index (Phi) is 11.4. The maximum absolute atomic E-state index is 5.58. The Morgan fingerprint density at radius 1 is 1.11 bits per heavy atom. The molecule has 0 fully saturated rings. The van der Waals surface area contributed by atoms with Gasteiger partial charge in [-0.2, -0.15) is 0 Å². The minimum atomic E-state index is 0.0784. The molecule has 0 spiro atoms. The third-order valence-electron chi connectivity index (χ3n) is 2.96. The first-order valence-corrected chi connectivity index (χ1v) is 6.58. The Morgan fingerprint density at radius 2 is 1.83 bits per heavy atom. The molecular formula is C14H29NO3. The van der Waals surface area contributed by atoms with Crippen LogP contribution in [-0.4, -0.2) is 53.7 Å². The summed E-state index contributed by atoms with van der Waals surface area (Å²) in [4.78, 5) is 0. The predicted molar refractivity (Wildman–Crippen MR) is 75.0 cm³/mol. The van der Waals surface area contributed by atoms with E-state index in [2.05, 4.69) is 18.8 Å². The van der Waals surface area contributed by atoms with Gasteiger partial charge in [0.05, 0.1) is 6.61 Å². The van der Waals surface area contributed by atoms with Crippen molar-refractivity contribution in [2.45, 2.75) is 19.8 Å². The number of ether oxygens (including phenoxy) is 3. The number of nitrogens with one attached hydrogen (secondary N) is 1. The van der Waals surface area contributed by atoms with E-state index in [9.17, 15) is 0 Å². The molecule has 0 saturated heterocycles. The molecule has 4 nitrogen and oxygen atoms in total. The zero-order valence-electron chi connectivity index (χ0n) is 12.2. The van der Waals surface area contributed by atoms with Crippen LogP contribution in [0.2, 0.25) is 0 Å². The SMILES string of the molecule is C=CC(C)(CCOCCCOC)CNCCOC. The van der Waals surface area contributed by atoms with Crippen molar-refractivity contribution in [3.8, 4) is 0 Å². The van der Waals surface area contributed by atoms with E-state index in [0.29, 0.717) is 0 Å². The Hall–Kier alpha value is -0.420. The molecule has 0 bridgehead atoms. The van der Waals surface area contributed by atoms with Gasteiger partial charge in [0, 0.05) is 47.1 Å². The first kappa shape index (κ1) is 17.6. The van der Waals surface area contributed by atoms with Gasteiger partial charge in [0.15, 0.2) is 0 Å². The van der Waals surface area contributed by atoms with Crippen molar-refractivity contribution in [3.63, 3.8) is 0 Å². The minimum absolute atomic E-state index is 0.0784. The van der Waals surface area contributed by atoms with E-state index in [1.807, 2.05) is 6.08 Å². The molecule has 0 amide bonds. The van der Waals surface area contributed by atoms with Crippen LogP contribution >= 0.6 is 0 Å². The van der Waals surface area contributed by atoms with Crippen molar-refractivity contribution in [2.24, 2.45) is 5.41 Å². The number of hydrogen-bond donors (Lipinski definition) is 1. The summed E-state index contributed by atoms with van der Waals surface area (Å²) >= 11 is 0. The summed E-state index contributed by atoms with van der Waals surface area (Å²) in [6, 6.07) is 0. The van der Waals surface area contributed by atoms with Gasteiger partial charge >= 0.3 is 0 Å². The molecule has 0 aromatic carbocycles. The molecule has 18 heavy (non-hydrogen) atoms. The zero-order chi connectivity index (χ0) is 13.7. The second kappa shape index (κ2) is 11.7. The molecule has 1 unspecified atom stereocenters. The van der Waals surface area contributed by atoms with Crippen molar-refractivity contribution >= 4 is 0 Å². The number of rotatable bonds is 13. The highest BCUT2D eigenvalue weighted by atomic mass is 16.5. The summed E-state index contributed by atoms with van der Waals surface area (Å²) in [5.74, 6) is 0. The lowest BCUT2D eigenvalue weighted by atomic mass is 9.87. The van der Waals surface area contributed by atoms with Crippen LogP contribution in [0.15, 0.2) is 12.7 Å². The summed E-state index contributed by atoms with van der Waals surface area (Å²) in [6.07, 6.45) is 3.93. The van der Waals surface area contributed by atoms with Gasteiger partial charge in [0.25, 0.3) is 0 Å². The molecule has 0 rings (SSSR count). The Morgan fingerprint density at radius 3 is 2.44 bits per heavy atom. The molecule has 0 aromatic heterocycles. The van der Waals surface area contributed by atoms with Crippen LogP contribution in [0.3, 0.4) is 0 Å². The van der Waals surface area contributed by atoms with Gasteiger partial charge in [-0.15, -0.1) is 6.58 Å². The topological polar surface area (TPSA) is 39.7 Å². The maximum atomic E-state index is 5.58. The summed E-state index contributed by atoms with van der Waals surface area (Å²) in [7, 11) is 3.42. The largest absolute Gasteiger partial charge is 0.385 e. The first-order valence-electron chi connectivity index (χ1n) is 6.58. The van der Waals surface area contributed by atoms with Crippen molar-refractivity contribution in [1.29, 1.82) is 0 Å². The van der Waals surface area contributed by atoms with E-state index < -0.39 is 0 Å². The molecule has 108 valence electrons. The molecule has 4 heteroatoms. The van der Waals surface area contributed by atoms with Crippen LogP contribution in [0.25, 0.3) is 0 Å². The summed E-state index contributed by atoms with van der Waals surface area (Å²) in [5, 5.41) is 3.37. The molecule has 0 aliphatic heterocycles. The van der Waals surface area contributed by atoms with E-state index in [0.717, 1.165) is 52.4 Å². The molecule has 0 aliphatic rings. The standard InChI is InChI=1S/C14H29NO3/c1-5-14(2,13-15-8-12-17-4)7-11-18-10-6-9-16-3/h5,15H,1,6-13H2,2-4H3. The molecule has 0 radical (unpaired) electrons. The van der Waals surface area contributed by atoms with Crippen molar-refractivity contribution < 1.29 is 14.2 Å². The fourth-order valence-corrected chi connectivity index (χ4v) is 1.52. The van der Waals surface area contributed by atoms with E-state index in [1.54, 1.807) is 14.2 Å². The Balaban J connectivity index is 3.62. The van der Waals surface area contributed by atoms with Crippen molar-refractivity contribution in [1.82, 2.24) is 5.32 Å². The van der Waals surface area contributed by atoms with Crippen molar-refractivity contribution in [3.05, 3.63) is 12.7 Å². The molecule has 0 heterocycles. The lowest BCUT2D eigenvalue weighted by Crippen LogP contribution is -2.33. The molecule has 1 atom stereocenters. The highest BCUT2D eigenvalue weighted by molar-refractivity contribution is 4.92. The van der Waals surface area contributed by atoms with E-state index in [-0.39, 0.29) is 5.41 Å². The first-order chi connectivity index (χ1) is 8.68. The van der Waals surface area contributed by atoms with Gasteiger partial charge in [-0.25, -0.2) is 0 Å². The fraction of sp³-hybridized carbons (Fsp3) is 0.857. The molecule has 0 aliphatic carbocycles. The van der Waals surface area contributed by atoms with E-state index in [1.165, 1.54) is 0 Å². The molecule has 0 aromatic rings. The third-order valence-corrected chi connectivity index (χ3v) is 2.96. The summed E-state index contributed by atoms with van der Waals surface area (Å²) in [6.45, 7) is 10.9. The molecule has 1 N–H and O–H groups in total. The van der Waals surface area contributed by atoms with E-state index >= 15 is 0 Å². The van der Waals surface area contributed by atoms with E-state index in [4.69, 9.17) is 14.2 Å². The van der Waals surface area contributed by atoms with Gasteiger partial charge in [-0.1, -0.05) is 13.0 Å². The average molecular weight is 259 g/mol.